The quantitative estimate of drug-likeness (QED) is 0.173. The van der Waals surface area contributed by atoms with Gasteiger partial charge in [0, 0.05) is 24.1 Å². The van der Waals surface area contributed by atoms with Crippen LogP contribution in [0.15, 0.2) is 83.8 Å². The average Bonchev–Trinajstić information content (AvgIpc) is 3.32. The zero-order valence-corrected chi connectivity index (χ0v) is 24.6. The van der Waals surface area contributed by atoms with E-state index in [1.807, 2.05) is 4.72 Å². The number of carboxylic acids is 1. The van der Waals surface area contributed by atoms with Crippen LogP contribution in [-0.2, 0) is 40.1 Å². The number of nitrogens with zero attached hydrogens (tertiary/aromatic N) is 2. The van der Waals surface area contributed by atoms with Crippen LogP contribution in [0.1, 0.15) is 52.9 Å². The highest BCUT2D eigenvalue weighted by Crippen LogP contribution is 2.45. The molecule has 0 atom stereocenters. The number of hydrogen-bond acceptors (Lipinski definition) is 5. The molecule has 45 heavy (non-hydrogen) atoms. The first-order valence-electron chi connectivity index (χ1n) is 13.7. The molecule has 8 nitrogen and oxygen atoms in total. The summed E-state index contributed by atoms with van der Waals surface area (Å²) >= 11 is 0. The van der Waals surface area contributed by atoms with Gasteiger partial charge >= 0.3 is 18.1 Å². The molecule has 1 amide bonds. The highest BCUT2D eigenvalue weighted by Gasteiger charge is 2.61. The molecular weight excluding hydrogens is 621 g/mol. The Balaban J connectivity index is 1.70. The molecule has 3 aromatic carbocycles. The van der Waals surface area contributed by atoms with Crippen molar-refractivity contribution in [3.05, 3.63) is 107 Å². The smallest absolute Gasteiger partial charge is 0.459 e. The van der Waals surface area contributed by atoms with Gasteiger partial charge in [0.1, 0.15) is 11.5 Å². The summed E-state index contributed by atoms with van der Waals surface area (Å²) in [6.07, 6.45) is -6.08. The second-order valence-corrected chi connectivity index (χ2v) is 11.8. The number of halogens is 5. The molecule has 14 heteroatoms. The van der Waals surface area contributed by atoms with E-state index in [-0.39, 0.29) is 34.8 Å². The Hall–Kier alpha value is -4.59. The lowest BCUT2D eigenvalue weighted by Crippen LogP contribution is -2.35. The molecule has 4 aromatic rings. The molecule has 0 bridgehead atoms. The van der Waals surface area contributed by atoms with Gasteiger partial charge in [-0.25, -0.2) is 18.1 Å². The Morgan fingerprint density at radius 2 is 1.53 bits per heavy atom. The van der Waals surface area contributed by atoms with Crippen LogP contribution in [0.4, 0.5) is 22.0 Å². The summed E-state index contributed by atoms with van der Waals surface area (Å²) in [6, 6.07) is 19.7. The minimum absolute atomic E-state index is 0.0368. The molecular formula is C31H28F5N3O5S. The number of unbranched alkanes of at least 4 members (excludes halogenated alkanes) is 1. The number of amides is 1. The molecule has 4 rings (SSSR count). The number of aromatic nitrogens is 2. The van der Waals surface area contributed by atoms with E-state index in [1.165, 1.54) is 54.6 Å². The molecule has 2 N–H and O–H groups in total. The average molecular weight is 650 g/mol. The van der Waals surface area contributed by atoms with Gasteiger partial charge in [-0.05, 0) is 35.7 Å². The summed E-state index contributed by atoms with van der Waals surface area (Å²) < 4.78 is 98.5. The molecule has 0 unspecified atom stereocenters. The fraction of sp³-hybridized carbons (Fsp3) is 0.258. The second-order valence-electron chi connectivity index (χ2n) is 10.1. The summed E-state index contributed by atoms with van der Waals surface area (Å²) in [5, 5.41) is 9.37. The number of carbonyl (C=O) groups excluding carboxylic acids is 1. The van der Waals surface area contributed by atoms with Gasteiger partial charge in [0.25, 0.3) is 15.9 Å². The topological polar surface area (TPSA) is 118 Å². The van der Waals surface area contributed by atoms with E-state index in [2.05, 4.69) is 4.98 Å². The van der Waals surface area contributed by atoms with Crippen molar-refractivity contribution in [3.63, 3.8) is 0 Å². The number of carbonyl (C=O) groups is 2. The number of carboxylic acid groups (broad SMARTS) is 1. The molecule has 0 spiro atoms. The first-order valence-corrected chi connectivity index (χ1v) is 15.2. The van der Waals surface area contributed by atoms with E-state index in [0.29, 0.717) is 24.0 Å². The molecule has 0 saturated heterocycles. The Bertz CT molecular complexity index is 1790. The van der Waals surface area contributed by atoms with E-state index in [0.717, 1.165) is 4.57 Å². The van der Waals surface area contributed by atoms with Crippen LogP contribution >= 0.6 is 0 Å². The summed E-state index contributed by atoms with van der Waals surface area (Å²) in [4.78, 5) is 27.5. The van der Waals surface area contributed by atoms with Crippen molar-refractivity contribution in [1.82, 2.24) is 14.3 Å². The Kier molecular flexibility index (Phi) is 9.76. The van der Waals surface area contributed by atoms with E-state index in [1.54, 1.807) is 31.2 Å². The minimum Gasteiger partial charge on any atom is -0.481 e. The third-order valence-electron chi connectivity index (χ3n) is 6.92. The number of sulfonamides is 1. The van der Waals surface area contributed by atoms with E-state index in [4.69, 9.17) is 0 Å². The lowest BCUT2D eigenvalue weighted by Gasteiger charge is -2.19. The monoisotopic (exact) mass is 649 g/mol. The number of rotatable bonds is 12. The number of aliphatic carboxylic acids is 1. The first kappa shape index (κ1) is 33.3. The largest absolute Gasteiger partial charge is 0.481 e. The van der Waals surface area contributed by atoms with Gasteiger partial charge in [0.2, 0.25) is 0 Å². The minimum atomic E-state index is -5.99. The van der Waals surface area contributed by atoms with Crippen molar-refractivity contribution in [3.8, 4) is 11.1 Å². The zero-order valence-electron chi connectivity index (χ0n) is 23.8. The summed E-state index contributed by atoms with van der Waals surface area (Å²) in [5.74, 6) is -7.92. The highest BCUT2D eigenvalue weighted by atomic mass is 32.2. The lowest BCUT2D eigenvalue weighted by molar-refractivity contribution is -0.291. The van der Waals surface area contributed by atoms with E-state index >= 15 is 0 Å². The Morgan fingerprint density at radius 3 is 2.13 bits per heavy atom. The highest BCUT2D eigenvalue weighted by molar-refractivity contribution is 7.90. The van der Waals surface area contributed by atoms with E-state index < -0.39 is 51.8 Å². The molecule has 0 saturated carbocycles. The summed E-state index contributed by atoms with van der Waals surface area (Å²) in [7, 11) is -4.33. The van der Waals surface area contributed by atoms with E-state index in [9.17, 15) is 45.1 Å². The van der Waals surface area contributed by atoms with Crippen LogP contribution in [0, 0.1) is 0 Å². The maximum absolute atomic E-state index is 14.5. The van der Waals surface area contributed by atoms with Crippen LogP contribution < -0.4 is 4.72 Å². The Morgan fingerprint density at radius 1 is 0.911 bits per heavy atom. The van der Waals surface area contributed by atoms with Crippen LogP contribution in [-0.4, -0.2) is 41.1 Å². The molecule has 0 fully saturated rings. The Labute approximate surface area is 255 Å². The molecule has 238 valence electrons. The molecule has 0 aliphatic rings. The van der Waals surface area contributed by atoms with Crippen LogP contribution in [0.25, 0.3) is 11.1 Å². The van der Waals surface area contributed by atoms with Crippen molar-refractivity contribution in [1.29, 1.82) is 0 Å². The predicted molar refractivity (Wildman–Crippen MR) is 154 cm³/mol. The summed E-state index contributed by atoms with van der Waals surface area (Å²) in [5.41, 5.74) is -1.22. The lowest BCUT2D eigenvalue weighted by atomic mass is 10.0. The van der Waals surface area contributed by atoms with Gasteiger partial charge in [-0.15, -0.1) is 0 Å². The molecule has 0 aliphatic carbocycles. The standard InChI is InChI=1S/C31H28F5N3O5S/c1-2-3-13-26-37-28(30(32,33)31(34,35)36)24(18-27(40)41)39(26)19-20-14-16-21(17-15-20)23-11-7-8-12-25(23)45(43,44)38-29(42)22-9-5-4-6-10-22/h4-12,14-17H,2-3,13,18-19H2,1H3,(H,38,42)(H,40,41). The van der Waals surface area contributed by atoms with Gasteiger partial charge < -0.3 is 9.67 Å². The molecule has 0 radical (unpaired) electrons. The number of imidazole rings is 1. The van der Waals surface area contributed by atoms with Crippen LogP contribution in [0.3, 0.4) is 0 Å². The molecule has 0 aliphatic heterocycles. The van der Waals surface area contributed by atoms with Crippen LogP contribution in [0.2, 0.25) is 0 Å². The van der Waals surface area contributed by atoms with Gasteiger partial charge in [-0.2, -0.15) is 22.0 Å². The maximum Gasteiger partial charge on any atom is 0.459 e. The SMILES string of the molecule is CCCCc1nc(C(F)(F)C(F)(F)F)c(CC(=O)O)n1Cc1ccc(-c2ccccc2S(=O)(=O)NC(=O)c2ccccc2)cc1. The first-order chi connectivity index (χ1) is 21.2. The maximum atomic E-state index is 14.5. The van der Waals surface area contributed by atoms with Crippen molar-refractivity contribution < 1.29 is 45.1 Å². The van der Waals surface area contributed by atoms with Crippen molar-refractivity contribution in [2.45, 2.75) is 56.1 Å². The van der Waals surface area contributed by atoms with Gasteiger partial charge in [-0.1, -0.05) is 74.0 Å². The number of benzene rings is 3. The van der Waals surface area contributed by atoms with Gasteiger partial charge in [0.15, 0.2) is 0 Å². The third-order valence-corrected chi connectivity index (χ3v) is 8.31. The molecule has 1 heterocycles. The summed E-state index contributed by atoms with van der Waals surface area (Å²) in [6.45, 7) is 1.52. The van der Waals surface area contributed by atoms with Crippen molar-refractivity contribution in [2.75, 3.05) is 0 Å². The van der Waals surface area contributed by atoms with Gasteiger partial charge in [-0.3, -0.25) is 9.59 Å². The fourth-order valence-electron chi connectivity index (χ4n) is 4.70. The zero-order chi connectivity index (χ0) is 33.0. The fourth-order valence-corrected chi connectivity index (χ4v) is 5.90. The van der Waals surface area contributed by atoms with Crippen molar-refractivity contribution in [2.24, 2.45) is 0 Å². The predicted octanol–water partition coefficient (Wildman–Crippen LogP) is 6.34. The van der Waals surface area contributed by atoms with Crippen molar-refractivity contribution >= 4 is 21.9 Å². The second kappa shape index (κ2) is 13.2. The molecule has 1 aromatic heterocycles. The van der Waals surface area contributed by atoms with Crippen LogP contribution in [0.5, 0.6) is 0 Å². The number of nitrogens with one attached hydrogen (secondary N) is 1. The number of aryl methyl sites for hydroxylation is 1. The third kappa shape index (κ3) is 7.39. The number of hydrogen-bond donors (Lipinski definition) is 2. The van der Waals surface area contributed by atoms with Gasteiger partial charge in [0.05, 0.1) is 17.0 Å². The number of alkyl halides is 5. The normalized spacial score (nSPS) is 12.2.